The van der Waals surface area contributed by atoms with E-state index < -0.39 is 24.2 Å². The summed E-state index contributed by atoms with van der Waals surface area (Å²) < 4.78 is 39.5. The van der Waals surface area contributed by atoms with E-state index in [2.05, 4.69) is 5.73 Å². The number of carbonyl (C=O) groups excluding carboxylic acids is 3. The molecule has 0 aliphatic rings. The summed E-state index contributed by atoms with van der Waals surface area (Å²) in [6.07, 6.45) is -4.64. The maximum Gasteiger partial charge on any atom is 0.430 e. The summed E-state index contributed by atoms with van der Waals surface area (Å²) in [7, 11) is 0. The topological polar surface area (TPSA) is 155 Å². The summed E-state index contributed by atoms with van der Waals surface area (Å²) in [6, 6.07) is 23.1. The van der Waals surface area contributed by atoms with Gasteiger partial charge in [-0.1, -0.05) is 80.6 Å². The molecule has 0 amide bonds. The molecule has 238 valence electrons. The van der Waals surface area contributed by atoms with Crippen LogP contribution in [-0.2, 0) is 33.8 Å². The minimum absolute atomic E-state index is 0.0177. The maximum absolute atomic E-state index is 13.5. The van der Waals surface area contributed by atoms with Crippen LogP contribution >= 0.6 is 0 Å². The van der Waals surface area contributed by atoms with Gasteiger partial charge in [-0.3, -0.25) is 18.7 Å². The number of aromatic nitrogens is 2. The standard InChI is InChI=1S/C30H31N3O5.C2HF3O2/c1-20(2)27(31)29(36)38-19-26(34)23-14-12-22(13-15-23)18-33-25-11-7-6-10-24(25)28(35)32(30(33)37)17-16-21-8-4-3-5-9-21;3-2(4,5)1(6)7/h3-15,20,27H,16-19,31H2,1-2H3;(H,6,7). The Morgan fingerprint density at radius 1 is 0.867 bits per heavy atom. The molecule has 4 aromatic rings. The quantitative estimate of drug-likeness (QED) is 0.208. The van der Waals surface area contributed by atoms with Crippen LogP contribution in [0.3, 0.4) is 0 Å². The number of quaternary nitrogens is 1. The molecule has 1 heterocycles. The number of para-hydroxylation sites is 1. The van der Waals surface area contributed by atoms with Gasteiger partial charge in [0.1, 0.15) is 5.97 Å². The number of carbonyl (C=O) groups is 3. The number of rotatable bonds is 10. The first-order valence-electron chi connectivity index (χ1n) is 13.9. The molecule has 0 saturated heterocycles. The molecule has 45 heavy (non-hydrogen) atoms. The normalized spacial score (nSPS) is 11.9. The predicted molar refractivity (Wildman–Crippen MR) is 156 cm³/mol. The molecule has 3 aromatic carbocycles. The summed E-state index contributed by atoms with van der Waals surface area (Å²) in [5.41, 5.74) is 5.86. The first-order valence-corrected chi connectivity index (χ1v) is 13.9. The molecule has 0 aliphatic carbocycles. The highest BCUT2D eigenvalue weighted by Gasteiger charge is 2.29. The number of benzene rings is 3. The van der Waals surface area contributed by atoms with Gasteiger partial charge in [-0.15, -0.1) is 0 Å². The largest absolute Gasteiger partial charge is 0.542 e. The Morgan fingerprint density at radius 3 is 2.02 bits per heavy atom. The van der Waals surface area contributed by atoms with Crippen molar-refractivity contribution in [1.82, 2.24) is 9.13 Å². The number of aryl methyl sites for hydroxylation is 1. The van der Waals surface area contributed by atoms with E-state index >= 15 is 0 Å². The van der Waals surface area contributed by atoms with Crippen LogP contribution in [0.1, 0.15) is 35.3 Å². The third-order valence-electron chi connectivity index (χ3n) is 6.90. The van der Waals surface area contributed by atoms with E-state index in [0.29, 0.717) is 22.9 Å². The van der Waals surface area contributed by atoms with Crippen molar-refractivity contribution in [3.05, 3.63) is 116 Å². The number of Topliss-reactive ketones (excluding diaryl/α,β-unsaturated/α-hetero) is 1. The molecule has 3 N–H and O–H groups in total. The minimum atomic E-state index is -5.19. The molecule has 10 nitrogen and oxygen atoms in total. The fraction of sp³-hybridized carbons (Fsp3) is 0.281. The van der Waals surface area contributed by atoms with Crippen LogP contribution in [0.2, 0.25) is 0 Å². The second-order valence-electron chi connectivity index (χ2n) is 10.4. The summed E-state index contributed by atoms with van der Waals surface area (Å²) in [5, 5.41) is 9.26. The number of esters is 1. The Bertz CT molecular complexity index is 1760. The number of nitrogens with zero attached hydrogens (tertiary/aromatic N) is 2. The Morgan fingerprint density at radius 2 is 1.44 bits per heavy atom. The van der Waals surface area contributed by atoms with Gasteiger partial charge in [0.2, 0.25) is 0 Å². The van der Waals surface area contributed by atoms with Gasteiger partial charge >= 0.3 is 17.8 Å². The first kappa shape index (κ1) is 34.5. The zero-order chi connectivity index (χ0) is 33.3. The number of halogens is 3. The van der Waals surface area contributed by atoms with Crippen molar-refractivity contribution in [2.45, 2.75) is 45.6 Å². The summed E-state index contributed by atoms with van der Waals surface area (Å²) >= 11 is 0. The monoisotopic (exact) mass is 627 g/mol. The Kier molecular flexibility index (Phi) is 11.6. The lowest BCUT2D eigenvalue weighted by atomic mass is 10.1. The van der Waals surface area contributed by atoms with Crippen molar-refractivity contribution in [3.63, 3.8) is 0 Å². The Hall–Kier alpha value is -5.04. The average Bonchev–Trinajstić information content (AvgIpc) is 3.02. The number of ether oxygens (including phenoxy) is 1. The number of ketones is 1. The van der Waals surface area contributed by atoms with Gasteiger partial charge < -0.3 is 20.4 Å². The second-order valence-corrected chi connectivity index (χ2v) is 10.4. The fourth-order valence-electron chi connectivity index (χ4n) is 4.18. The van der Waals surface area contributed by atoms with Gasteiger partial charge in [-0.2, -0.15) is 13.2 Å². The molecule has 4 rings (SSSR count). The van der Waals surface area contributed by atoms with Crippen molar-refractivity contribution < 1.29 is 43.1 Å². The van der Waals surface area contributed by atoms with E-state index in [1.54, 1.807) is 53.1 Å². The smallest absolute Gasteiger partial charge is 0.430 e. The maximum atomic E-state index is 13.5. The molecule has 1 unspecified atom stereocenters. The number of fused-ring (bicyclic) bond motifs is 1. The van der Waals surface area contributed by atoms with Gasteiger partial charge in [0.25, 0.3) is 5.56 Å². The highest BCUT2D eigenvalue weighted by molar-refractivity contribution is 5.98. The van der Waals surface area contributed by atoms with Crippen LogP contribution in [0.25, 0.3) is 10.9 Å². The molecule has 0 saturated carbocycles. The molecular weight excluding hydrogens is 595 g/mol. The van der Waals surface area contributed by atoms with Crippen LogP contribution in [0.5, 0.6) is 0 Å². The predicted octanol–water partition coefficient (Wildman–Crippen LogP) is 1.75. The highest BCUT2D eigenvalue weighted by Crippen LogP contribution is 2.13. The van der Waals surface area contributed by atoms with Crippen molar-refractivity contribution in [1.29, 1.82) is 0 Å². The third kappa shape index (κ3) is 9.22. The molecule has 0 bridgehead atoms. The SMILES string of the molecule is CC(C)C([NH3+])C(=O)OCC(=O)c1ccc(Cn2c(=O)n(CCc3ccccc3)c(=O)c3ccccc32)cc1.O=C([O-])C(F)(F)F. The molecule has 1 atom stereocenters. The van der Waals surface area contributed by atoms with E-state index in [1.807, 2.05) is 44.2 Å². The van der Waals surface area contributed by atoms with E-state index in [9.17, 15) is 32.3 Å². The van der Waals surface area contributed by atoms with E-state index in [-0.39, 0.29) is 42.6 Å². The van der Waals surface area contributed by atoms with E-state index in [4.69, 9.17) is 14.6 Å². The molecular formula is C32H32F3N3O7. The molecule has 0 spiro atoms. The lowest BCUT2D eigenvalue weighted by molar-refractivity contribution is -0.418. The van der Waals surface area contributed by atoms with Crippen molar-refractivity contribution in [3.8, 4) is 0 Å². The molecule has 0 aliphatic heterocycles. The lowest BCUT2D eigenvalue weighted by Gasteiger charge is -2.15. The second kappa shape index (κ2) is 15.1. The van der Waals surface area contributed by atoms with Gasteiger partial charge in [-0.05, 0) is 29.7 Å². The number of hydrogen-bond acceptors (Lipinski definition) is 7. The van der Waals surface area contributed by atoms with Gasteiger partial charge in [-0.25, -0.2) is 9.59 Å². The fourth-order valence-corrected chi connectivity index (χ4v) is 4.18. The van der Waals surface area contributed by atoms with Crippen LogP contribution < -0.4 is 22.1 Å². The first-order chi connectivity index (χ1) is 21.2. The Labute approximate surface area is 255 Å². The summed E-state index contributed by atoms with van der Waals surface area (Å²) in [6.45, 7) is 3.87. The van der Waals surface area contributed by atoms with E-state index in [0.717, 1.165) is 11.1 Å². The van der Waals surface area contributed by atoms with Crippen LogP contribution in [0, 0.1) is 5.92 Å². The van der Waals surface area contributed by atoms with Crippen molar-refractivity contribution in [2.24, 2.45) is 5.92 Å². The van der Waals surface area contributed by atoms with Gasteiger partial charge in [0.05, 0.1) is 17.4 Å². The average molecular weight is 628 g/mol. The van der Waals surface area contributed by atoms with Gasteiger partial charge in [0.15, 0.2) is 18.4 Å². The van der Waals surface area contributed by atoms with Crippen LogP contribution in [0.15, 0.2) is 88.5 Å². The van der Waals surface area contributed by atoms with Crippen LogP contribution in [0.4, 0.5) is 13.2 Å². The molecule has 0 radical (unpaired) electrons. The highest BCUT2D eigenvalue weighted by atomic mass is 19.4. The number of aliphatic carboxylic acids is 1. The molecule has 0 fully saturated rings. The molecule has 13 heteroatoms. The van der Waals surface area contributed by atoms with E-state index in [1.165, 1.54) is 4.57 Å². The third-order valence-corrected chi connectivity index (χ3v) is 6.90. The summed E-state index contributed by atoms with van der Waals surface area (Å²) in [5.74, 6) is -3.81. The number of alkyl halides is 3. The van der Waals surface area contributed by atoms with Crippen molar-refractivity contribution >= 4 is 28.6 Å². The number of hydrogen-bond donors (Lipinski definition) is 1. The Balaban J connectivity index is 0.000000707. The van der Waals surface area contributed by atoms with Crippen molar-refractivity contribution in [2.75, 3.05) is 6.61 Å². The lowest BCUT2D eigenvalue weighted by Crippen LogP contribution is -2.67. The van der Waals surface area contributed by atoms with Crippen LogP contribution in [-0.4, -0.2) is 45.7 Å². The molecule has 1 aromatic heterocycles. The summed E-state index contributed by atoms with van der Waals surface area (Å²) in [4.78, 5) is 59.9. The minimum Gasteiger partial charge on any atom is -0.542 e. The van der Waals surface area contributed by atoms with Gasteiger partial charge in [0, 0.05) is 18.0 Å². The zero-order valence-corrected chi connectivity index (χ0v) is 24.6. The zero-order valence-electron chi connectivity index (χ0n) is 24.6. The number of carboxylic acid groups (broad SMARTS) is 1. The number of carboxylic acids is 1.